The fourth-order valence-electron chi connectivity index (χ4n) is 2.62. The molecule has 0 atom stereocenters. The van der Waals surface area contributed by atoms with Gasteiger partial charge in [-0.05, 0) is 49.2 Å². The van der Waals surface area contributed by atoms with Gasteiger partial charge in [-0.2, -0.15) is 0 Å². The number of nitrogens with one attached hydrogen (secondary N) is 2. The van der Waals surface area contributed by atoms with Crippen LogP contribution in [0.25, 0.3) is 0 Å². The highest BCUT2D eigenvalue weighted by atomic mass is 35.5. The normalized spacial score (nSPS) is 14.3. The third kappa shape index (κ3) is 4.48. The van der Waals surface area contributed by atoms with Crippen molar-refractivity contribution in [1.82, 2.24) is 0 Å². The summed E-state index contributed by atoms with van der Waals surface area (Å²) in [5, 5.41) is 2.99. The molecule has 1 saturated carbocycles. The molecular formula is C18H18Cl2N2O4S. The molecule has 0 bridgehead atoms. The zero-order valence-electron chi connectivity index (χ0n) is 14.5. The van der Waals surface area contributed by atoms with Crippen molar-refractivity contribution in [2.24, 2.45) is 0 Å². The van der Waals surface area contributed by atoms with Gasteiger partial charge >= 0.3 is 0 Å². The number of anilines is 2. The maximum Gasteiger partial charge on any atom is 0.255 e. The van der Waals surface area contributed by atoms with E-state index < -0.39 is 21.2 Å². The van der Waals surface area contributed by atoms with E-state index in [9.17, 15) is 13.2 Å². The van der Waals surface area contributed by atoms with Crippen LogP contribution in [0.2, 0.25) is 10.0 Å². The second-order valence-electron chi connectivity index (χ2n) is 6.20. The lowest BCUT2D eigenvalue weighted by Gasteiger charge is -2.26. The van der Waals surface area contributed by atoms with Gasteiger partial charge in [0.1, 0.15) is 5.75 Å². The fraction of sp³-hybridized carbons (Fsp3) is 0.278. The van der Waals surface area contributed by atoms with Crippen molar-refractivity contribution in [2.45, 2.75) is 24.5 Å². The van der Waals surface area contributed by atoms with Crippen molar-refractivity contribution in [3.63, 3.8) is 0 Å². The topological polar surface area (TPSA) is 84.5 Å². The quantitative estimate of drug-likeness (QED) is 0.706. The minimum atomic E-state index is -3.51. The highest BCUT2D eigenvalue weighted by Crippen LogP contribution is 2.32. The molecule has 0 unspecified atom stereocenters. The summed E-state index contributed by atoms with van der Waals surface area (Å²) in [5.74, 6) is -0.0795. The van der Waals surface area contributed by atoms with Crippen molar-refractivity contribution in [3.05, 3.63) is 52.0 Å². The van der Waals surface area contributed by atoms with Crippen LogP contribution < -0.4 is 14.8 Å². The first-order chi connectivity index (χ1) is 12.8. The van der Waals surface area contributed by atoms with E-state index in [0.717, 1.165) is 6.42 Å². The highest BCUT2D eigenvalue weighted by Gasteiger charge is 2.32. The van der Waals surface area contributed by atoms with Crippen LogP contribution in [0.1, 0.15) is 29.6 Å². The van der Waals surface area contributed by atoms with E-state index in [1.54, 1.807) is 24.3 Å². The lowest BCUT2D eigenvalue weighted by Crippen LogP contribution is -2.33. The number of hydrogen-bond acceptors (Lipinski definition) is 4. The van der Waals surface area contributed by atoms with E-state index in [1.807, 2.05) is 0 Å². The lowest BCUT2D eigenvalue weighted by molar-refractivity contribution is 0.102. The van der Waals surface area contributed by atoms with E-state index in [0.29, 0.717) is 34.3 Å². The zero-order chi connectivity index (χ0) is 19.6. The van der Waals surface area contributed by atoms with Crippen molar-refractivity contribution in [1.29, 1.82) is 0 Å². The maximum absolute atomic E-state index is 12.5. The van der Waals surface area contributed by atoms with Gasteiger partial charge in [0, 0.05) is 11.3 Å². The van der Waals surface area contributed by atoms with Gasteiger partial charge in [-0.1, -0.05) is 29.6 Å². The van der Waals surface area contributed by atoms with Crippen LogP contribution in [0.15, 0.2) is 36.4 Å². The van der Waals surface area contributed by atoms with E-state index in [1.165, 1.54) is 19.2 Å². The zero-order valence-corrected chi connectivity index (χ0v) is 16.8. The van der Waals surface area contributed by atoms with Crippen molar-refractivity contribution >= 4 is 50.5 Å². The number of ether oxygens (including phenoxy) is 1. The highest BCUT2D eigenvalue weighted by molar-refractivity contribution is 7.93. The Balaban J connectivity index is 1.83. The monoisotopic (exact) mass is 428 g/mol. The number of carbonyl (C=O) groups is 1. The molecular weight excluding hydrogens is 411 g/mol. The minimum absolute atomic E-state index is 0.228. The number of carbonyl (C=O) groups excluding carboxylic acids is 1. The SMILES string of the molecule is COc1ccc(C(=O)Nc2ccc(Cl)c(Cl)c2)cc1NS(=O)(=O)C1CCC1. The van der Waals surface area contributed by atoms with Crippen LogP contribution in [0.4, 0.5) is 11.4 Å². The molecule has 27 heavy (non-hydrogen) atoms. The number of methoxy groups -OCH3 is 1. The van der Waals surface area contributed by atoms with E-state index >= 15 is 0 Å². The number of sulfonamides is 1. The molecule has 1 aliphatic carbocycles. The summed E-state index contributed by atoms with van der Waals surface area (Å²) in [6.07, 6.45) is 2.17. The van der Waals surface area contributed by atoms with E-state index in [2.05, 4.69) is 10.0 Å². The Bertz CT molecular complexity index is 975. The average Bonchev–Trinajstić information content (AvgIpc) is 2.55. The smallest absolute Gasteiger partial charge is 0.255 e. The minimum Gasteiger partial charge on any atom is -0.495 e. The molecule has 0 aliphatic heterocycles. The molecule has 2 N–H and O–H groups in total. The summed E-state index contributed by atoms with van der Waals surface area (Å²) in [6, 6.07) is 9.27. The second-order valence-corrected chi connectivity index (χ2v) is 8.97. The van der Waals surface area contributed by atoms with E-state index in [4.69, 9.17) is 27.9 Å². The summed E-state index contributed by atoms with van der Waals surface area (Å²) < 4.78 is 32.6. The van der Waals surface area contributed by atoms with Crippen LogP contribution in [-0.4, -0.2) is 26.7 Å². The van der Waals surface area contributed by atoms with Gasteiger partial charge in [-0.3, -0.25) is 9.52 Å². The van der Waals surface area contributed by atoms with Crippen LogP contribution in [0.5, 0.6) is 5.75 Å². The maximum atomic E-state index is 12.5. The molecule has 1 amide bonds. The van der Waals surface area contributed by atoms with E-state index in [-0.39, 0.29) is 11.3 Å². The summed E-state index contributed by atoms with van der Waals surface area (Å²) in [5.41, 5.74) is 0.973. The molecule has 0 spiro atoms. The number of rotatable bonds is 6. The lowest BCUT2D eigenvalue weighted by atomic mass is 10.0. The molecule has 1 aliphatic rings. The molecule has 2 aromatic carbocycles. The first-order valence-electron chi connectivity index (χ1n) is 8.26. The van der Waals surface area contributed by atoms with Crippen LogP contribution in [0, 0.1) is 0 Å². The predicted octanol–water partition coefficient (Wildman–Crippen LogP) is 4.55. The molecule has 144 valence electrons. The Hall–Kier alpha value is -1.96. The Morgan fingerprint density at radius 2 is 1.85 bits per heavy atom. The Morgan fingerprint density at radius 3 is 2.44 bits per heavy atom. The molecule has 3 rings (SSSR count). The summed E-state index contributed by atoms with van der Waals surface area (Å²) in [7, 11) is -2.08. The van der Waals surface area contributed by atoms with Gasteiger partial charge < -0.3 is 10.1 Å². The van der Waals surface area contributed by atoms with Gasteiger partial charge in [0.05, 0.1) is 28.1 Å². The van der Waals surface area contributed by atoms with Gasteiger partial charge in [-0.25, -0.2) is 8.42 Å². The van der Waals surface area contributed by atoms with Gasteiger partial charge in [0.2, 0.25) is 10.0 Å². The molecule has 0 saturated heterocycles. The molecule has 9 heteroatoms. The van der Waals surface area contributed by atoms with Crippen LogP contribution >= 0.6 is 23.2 Å². The van der Waals surface area contributed by atoms with Crippen molar-refractivity contribution in [2.75, 3.05) is 17.1 Å². The standard InChI is InChI=1S/C18H18Cl2N2O4S/c1-26-17-8-5-11(9-16(17)22-27(24,25)13-3-2-4-13)18(23)21-12-6-7-14(19)15(20)10-12/h5-10,13,22H,2-4H2,1H3,(H,21,23). The number of halogens is 2. The molecule has 1 fully saturated rings. The summed E-state index contributed by atoms with van der Waals surface area (Å²) in [6.45, 7) is 0. The van der Waals surface area contributed by atoms with Gasteiger partial charge in [-0.15, -0.1) is 0 Å². The van der Waals surface area contributed by atoms with Crippen molar-refractivity contribution < 1.29 is 17.9 Å². The Morgan fingerprint density at radius 1 is 1.11 bits per heavy atom. The summed E-state index contributed by atoms with van der Waals surface area (Å²) in [4.78, 5) is 12.5. The first-order valence-corrected chi connectivity index (χ1v) is 10.6. The predicted molar refractivity (Wildman–Crippen MR) is 108 cm³/mol. The third-order valence-corrected chi connectivity index (χ3v) is 6.97. The summed E-state index contributed by atoms with van der Waals surface area (Å²) >= 11 is 11.8. The van der Waals surface area contributed by atoms with Gasteiger partial charge in [0.15, 0.2) is 0 Å². The number of amides is 1. The number of benzene rings is 2. The van der Waals surface area contributed by atoms with Crippen LogP contribution in [-0.2, 0) is 10.0 Å². The molecule has 6 nitrogen and oxygen atoms in total. The average molecular weight is 429 g/mol. The van der Waals surface area contributed by atoms with Crippen LogP contribution in [0.3, 0.4) is 0 Å². The second kappa shape index (κ2) is 7.96. The largest absolute Gasteiger partial charge is 0.495 e. The Labute approximate surface area is 167 Å². The van der Waals surface area contributed by atoms with Crippen molar-refractivity contribution in [3.8, 4) is 5.75 Å². The third-order valence-electron chi connectivity index (χ3n) is 4.38. The molecule has 0 radical (unpaired) electrons. The first kappa shape index (κ1) is 19.8. The molecule has 2 aromatic rings. The van der Waals surface area contributed by atoms with Gasteiger partial charge in [0.25, 0.3) is 5.91 Å². The number of hydrogen-bond donors (Lipinski definition) is 2. The fourth-order valence-corrected chi connectivity index (χ4v) is 4.51. The molecule has 0 aromatic heterocycles. The molecule has 0 heterocycles. The Kier molecular flexibility index (Phi) is 5.83.